The van der Waals surface area contributed by atoms with Gasteiger partial charge in [-0.15, -0.1) is 0 Å². The molecule has 10 nitrogen and oxygen atoms in total. The van der Waals surface area contributed by atoms with E-state index in [1.165, 1.54) is 11.8 Å². The average Bonchev–Trinajstić information content (AvgIpc) is 3.21. The van der Waals surface area contributed by atoms with Gasteiger partial charge in [-0.25, -0.2) is 4.79 Å². The first-order valence-corrected chi connectivity index (χ1v) is 11.3. The third kappa shape index (κ3) is 4.09. The van der Waals surface area contributed by atoms with Gasteiger partial charge < -0.3 is 15.1 Å². The van der Waals surface area contributed by atoms with Crippen LogP contribution in [-0.4, -0.2) is 78.9 Å². The van der Waals surface area contributed by atoms with Gasteiger partial charge in [-0.2, -0.15) is 9.36 Å². The summed E-state index contributed by atoms with van der Waals surface area (Å²) in [5.74, 6) is -2.50. The molecule has 164 valence electrons. The second-order valence-corrected chi connectivity index (χ2v) is 9.31. The van der Waals surface area contributed by atoms with E-state index in [0.29, 0.717) is 9.24 Å². The fourth-order valence-electron chi connectivity index (χ4n) is 3.87. The summed E-state index contributed by atoms with van der Waals surface area (Å²) in [7, 11) is 0. The van der Waals surface area contributed by atoms with Crippen molar-refractivity contribution in [2.45, 2.75) is 44.2 Å². The number of aromatic nitrogens is 2. The molecule has 1 aromatic heterocycles. The summed E-state index contributed by atoms with van der Waals surface area (Å²) < 4.78 is 4.60. The normalized spacial score (nSPS) is 24.1. The number of anilines is 1. The number of aliphatic carboxylic acids is 1. The summed E-state index contributed by atoms with van der Waals surface area (Å²) in [6, 6.07) is -0.382. The Bertz CT molecular complexity index is 882. The minimum absolute atomic E-state index is 0.0679. The Kier molecular flexibility index (Phi) is 6.80. The number of fused-ring (bicyclic) bond motifs is 1. The highest BCUT2D eigenvalue weighted by atomic mass is 32.2. The Hall–Kier alpha value is -2.02. The van der Waals surface area contributed by atoms with E-state index in [2.05, 4.69) is 14.7 Å². The number of carbonyl (C=O) groups is 3. The Morgan fingerprint density at radius 2 is 2.03 bits per heavy atom. The maximum Gasteiger partial charge on any atom is 0.353 e. The SMILES string of the molecule is CCN(CC)CC(=O)Nc1nsc(SC2=C(C(=O)O)N3C(=O)[C@H]([C@@H](C)O)[C@H]3[C@H]2C)n1. The van der Waals surface area contributed by atoms with Crippen LogP contribution in [0.15, 0.2) is 14.9 Å². The van der Waals surface area contributed by atoms with Gasteiger partial charge in [0.05, 0.1) is 24.6 Å². The van der Waals surface area contributed by atoms with E-state index in [1.54, 1.807) is 0 Å². The number of nitrogens with zero attached hydrogens (tertiary/aromatic N) is 4. The molecule has 1 saturated heterocycles. The molecule has 1 aromatic rings. The largest absolute Gasteiger partial charge is 0.477 e. The second kappa shape index (κ2) is 9.00. The molecule has 0 bridgehead atoms. The summed E-state index contributed by atoms with van der Waals surface area (Å²) in [6.45, 7) is 9.06. The summed E-state index contributed by atoms with van der Waals surface area (Å²) in [5, 5.41) is 22.2. The van der Waals surface area contributed by atoms with Crippen molar-refractivity contribution in [3.05, 3.63) is 10.6 Å². The van der Waals surface area contributed by atoms with Crippen molar-refractivity contribution < 1.29 is 24.6 Å². The molecule has 30 heavy (non-hydrogen) atoms. The fourth-order valence-corrected chi connectivity index (χ4v) is 5.70. The van der Waals surface area contributed by atoms with Crippen molar-refractivity contribution in [2.75, 3.05) is 25.0 Å². The molecular weight excluding hydrogens is 430 g/mol. The number of carbonyl (C=O) groups excluding carboxylic acids is 2. The number of nitrogens with one attached hydrogen (secondary N) is 1. The predicted octanol–water partition coefficient (Wildman–Crippen LogP) is 1.06. The average molecular weight is 456 g/mol. The first kappa shape index (κ1) is 22.7. The third-order valence-corrected chi connectivity index (χ3v) is 7.46. The van der Waals surface area contributed by atoms with Gasteiger partial charge in [0.15, 0.2) is 4.34 Å². The zero-order valence-corrected chi connectivity index (χ0v) is 18.8. The topological polar surface area (TPSA) is 136 Å². The van der Waals surface area contributed by atoms with Gasteiger partial charge in [-0.05, 0) is 31.5 Å². The van der Waals surface area contributed by atoms with Gasteiger partial charge in [-0.3, -0.25) is 19.8 Å². The molecule has 0 radical (unpaired) electrons. The van der Waals surface area contributed by atoms with Crippen molar-refractivity contribution in [1.82, 2.24) is 19.2 Å². The summed E-state index contributed by atoms with van der Waals surface area (Å²) in [6.07, 6.45) is -0.852. The monoisotopic (exact) mass is 455 g/mol. The molecule has 1 fully saturated rings. The van der Waals surface area contributed by atoms with Crippen LogP contribution in [0.3, 0.4) is 0 Å². The molecule has 3 N–H and O–H groups in total. The molecule has 2 aliphatic rings. The smallest absolute Gasteiger partial charge is 0.353 e. The molecule has 0 saturated carbocycles. The van der Waals surface area contributed by atoms with Gasteiger partial charge in [0.2, 0.25) is 17.8 Å². The molecule has 4 atom stereocenters. The standard InChI is InChI=1S/C18H25N5O5S2/c1-5-22(6-2)7-10(25)19-17-20-18(30-21-17)29-14-8(3)12-11(9(4)24)15(26)23(12)13(14)16(27)28/h8-9,11-12,24H,5-7H2,1-4H3,(H,27,28)(H,19,21,25)/t8-,9-,11-,12-/m1/s1. The quantitative estimate of drug-likeness (QED) is 0.467. The minimum atomic E-state index is -1.19. The highest BCUT2D eigenvalue weighted by Gasteiger charge is 2.60. The zero-order chi connectivity index (χ0) is 22.2. The van der Waals surface area contributed by atoms with Crippen LogP contribution in [0.4, 0.5) is 5.95 Å². The lowest BCUT2D eigenvalue weighted by Crippen LogP contribution is -2.63. The number of aliphatic hydroxyl groups excluding tert-OH is 1. The Morgan fingerprint density at radius 1 is 1.37 bits per heavy atom. The number of thioether (sulfide) groups is 1. The molecule has 2 amide bonds. The van der Waals surface area contributed by atoms with Crippen LogP contribution in [0.25, 0.3) is 0 Å². The molecule has 0 aromatic carbocycles. The van der Waals surface area contributed by atoms with Gasteiger partial charge in [0.1, 0.15) is 5.70 Å². The van der Waals surface area contributed by atoms with E-state index < -0.39 is 18.0 Å². The van der Waals surface area contributed by atoms with Crippen LogP contribution in [0.2, 0.25) is 0 Å². The van der Waals surface area contributed by atoms with Crippen LogP contribution >= 0.6 is 23.3 Å². The predicted molar refractivity (Wildman–Crippen MR) is 112 cm³/mol. The summed E-state index contributed by atoms with van der Waals surface area (Å²) in [5.41, 5.74) is -0.0679. The number of carboxylic acid groups (broad SMARTS) is 1. The Balaban J connectivity index is 1.74. The van der Waals surface area contributed by atoms with E-state index in [9.17, 15) is 24.6 Å². The number of β-lactam (4-membered cyclic amide) rings is 1. The number of likely N-dealkylation sites (N-methyl/N-ethyl adjacent to an activating group) is 1. The summed E-state index contributed by atoms with van der Waals surface area (Å²) in [4.78, 5) is 44.4. The van der Waals surface area contributed by atoms with Crippen molar-refractivity contribution in [2.24, 2.45) is 11.8 Å². The number of aliphatic hydroxyl groups is 1. The fraction of sp³-hybridized carbons (Fsp3) is 0.611. The third-order valence-electron chi connectivity index (χ3n) is 5.43. The molecule has 0 spiro atoms. The first-order chi connectivity index (χ1) is 14.2. The molecule has 0 aliphatic carbocycles. The number of hydrogen-bond acceptors (Lipinski definition) is 9. The van der Waals surface area contributed by atoms with Crippen LogP contribution < -0.4 is 5.32 Å². The van der Waals surface area contributed by atoms with Gasteiger partial charge in [-0.1, -0.05) is 32.5 Å². The molecule has 2 aliphatic heterocycles. The lowest BCUT2D eigenvalue weighted by molar-refractivity contribution is -0.163. The van der Waals surface area contributed by atoms with E-state index in [-0.39, 0.29) is 42.0 Å². The Morgan fingerprint density at radius 3 is 2.60 bits per heavy atom. The highest BCUT2D eigenvalue weighted by molar-refractivity contribution is 8.04. The molecule has 3 rings (SSSR count). The molecular formula is C18H25N5O5S2. The maximum absolute atomic E-state index is 12.4. The van der Waals surface area contributed by atoms with Crippen LogP contribution in [0.5, 0.6) is 0 Å². The minimum Gasteiger partial charge on any atom is -0.477 e. The molecule has 3 heterocycles. The molecule has 0 unspecified atom stereocenters. The lowest BCUT2D eigenvalue weighted by Gasteiger charge is -2.46. The van der Waals surface area contributed by atoms with Crippen molar-refractivity contribution in [1.29, 1.82) is 0 Å². The zero-order valence-electron chi connectivity index (χ0n) is 17.2. The van der Waals surface area contributed by atoms with E-state index in [1.807, 2.05) is 25.7 Å². The number of rotatable bonds is 9. The van der Waals surface area contributed by atoms with Gasteiger partial charge >= 0.3 is 5.97 Å². The van der Waals surface area contributed by atoms with Crippen molar-refractivity contribution >= 4 is 47.0 Å². The van der Waals surface area contributed by atoms with Crippen LogP contribution in [-0.2, 0) is 14.4 Å². The van der Waals surface area contributed by atoms with Gasteiger partial charge in [0.25, 0.3) is 0 Å². The van der Waals surface area contributed by atoms with Crippen LogP contribution in [0, 0.1) is 11.8 Å². The number of amides is 2. The maximum atomic E-state index is 12.4. The second-order valence-electron chi connectivity index (χ2n) is 7.27. The lowest BCUT2D eigenvalue weighted by atomic mass is 9.79. The van der Waals surface area contributed by atoms with E-state index >= 15 is 0 Å². The van der Waals surface area contributed by atoms with E-state index in [4.69, 9.17) is 0 Å². The highest BCUT2D eigenvalue weighted by Crippen LogP contribution is 2.52. The van der Waals surface area contributed by atoms with E-state index in [0.717, 1.165) is 36.4 Å². The molecule has 12 heteroatoms. The number of hydrogen-bond donors (Lipinski definition) is 3. The van der Waals surface area contributed by atoms with Crippen LogP contribution in [0.1, 0.15) is 27.7 Å². The van der Waals surface area contributed by atoms with Crippen molar-refractivity contribution in [3.8, 4) is 0 Å². The number of carboxylic acids is 1. The van der Waals surface area contributed by atoms with Crippen molar-refractivity contribution in [3.63, 3.8) is 0 Å². The summed E-state index contributed by atoms with van der Waals surface area (Å²) >= 11 is 2.19. The Labute approximate surface area is 182 Å². The van der Waals surface area contributed by atoms with Gasteiger partial charge in [0, 0.05) is 10.8 Å². The first-order valence-electron chi connectivity index (χ1n) is 9.71.